The summed E-state index contributed by atoms with van der Waals surface area (Å²) in [5, 5.41) is 0.468. The number of amides is 1. The van der Waals surface area contributed by atoms with Crippen molar-refractivity contribution < 1.29 is 13.9 Å². The predicted octanol–water partition coefficient (Wildman–Crippen LogP) is 4.29. The van der Waals surface area contributed by atoms with Crippen LogP contribution in [-0.4, -0.2) is 24.0 Å². The molecule has 1 saturated carbocycles. The Balaban J connectivity index is 1.91. The van der Waals surface area contributed by atoms with Crippen LogP contribution in [0.5, 0.6) is 5.75 Å². The molecule has 0 saturated heterocycles. The SMILES string of the molecule is COc1ccc(Cl)cc1C(=O)N(Cc1ccccc1F)C1CC1. The highest BCUT2D eigenvalue weighted by atomic mass is 35.5. The van der Waals surface area contributed by atoms with Gasteiger partial charge in [0, 0.05) is 23.2 Å². The summed E-state index contributed by atoms with van der Waals surface area (Å²) in [6.45, 7) is 0.242. The third kappa shape index (κ3) is 3.48. The molecule has 1 aliphatic rings. The molecule has 5 heteroatoms. The molecular weight excluding hydrogens is 317 g/mol. The van der Waals surface area contributed by atoms with Gasteiger partial charge in [0.2, 0.25) is 0 Å². The molecule has 120 valence electrons. The smallest absolute Gasteiger partial charge is 0.258 e. The van der Waals surface area contributed by atoms with Gasteiger partial charge in [-0.05, 0) is 37.1 Å². The highest BCUT2D eigenvalue weighted by Gasteiger charge is 2.34. The highest BCUT2D eigenvalue weighted by molar-refractivity contribution is 6.31. The Morgan fingerprint density at radius 2 is 2.04 bits per heavy atom. The van der Waals surface area contributed by atoms with Crippen molar-refractivity contribution in [3.63, 3.8) is 0 Å². The van der Waals surface area contributed by atoms with Crippen molar-refractivity contribution in [3.05, 3.63) is 64.4 Å². The molecule has 0 aliphatic heterocycles. The van der Waals surface area contributed by atoms with E-state index < -0.39 is 0 Å². The Morgan fingerprint density at radius 3 is 2.70 bits per heavy atom. The van der Waals surface area contributed by atoms with Crippen LogP contribution >= 0.6 is 11.6 Å². The third-order valence-corrected chi connectivity index (χ3v) is 4.17. The maximum atomic E-state index is 13.9. The fraction of sp³-hybridized carbons (Fsp3) is 0.278. The van der Waals surface area contributed by atoms with E-state index in [0.29, 0.717) is 21.9 Å². The lowest BCUT2D eigenvalue weighted by Crippen LogP contribution is -2.33. The fourth-order valence-corrected chi connectivity index (χ4v) is 2.74. The molecule has 1 amide bonds. The minimum absolute atomic E-state index is 0.144. The summed E-state index contributed by atoms with van der Waals surface area (Å²) in [5.74, 6) is -0.0160. The summed E-state index contributed by atoms with van der Waals surface area (Å²) in [7, 11) is 1.51. The number of carbonyl (C=O) groups excluding carboxylic acids is 1. The van der Waals surface area contributed by atoms with Crippen LogP contribution in [0.2, 0.25) is 5.02 Å². The van der Waals surface area contributed by atoms with E-state index >= 15 is 0 Å². The van der Waals surface area contributed by atoms with Gasteiger partial charge >= 0.3 is 0 Å². The van der Waals surface area contributed by atoms with Crippen LogP contribution < -0.4 is 4.74 Å². The van der Waals surface area contributed by atoms with Gasteiger partial charge in [0.05, 0.1) is 12.7 Å². The number of nitrogens with zero attached hydrogens (tertiary/aromatic N) is 1. The van der Waals surface area contributed by atoms with Crippen LogP contribution in [0.15, 0.2) is 42.5 Å². The van der Waals surface area contributed by atoms with E-state index in [9.17, 15) is 9.18 Å². The second kappa shape index (κ2) is 6.59. The van der Waals surface area contributed by atoms with Crippen LogP contribution in [0.3, 0.4) is 0 Å². The first kappa shape index (κ1) is 15.8. The first-order valence-electron chi connectivity index (χ1n) is 7.48. The van der Waals surface area contributed by atoms with E-state index in [-0.39, 0.29) is 24.3 Å². The molecule has 0 radical (unpaired) electrons. The fourth-order valence-electron chi connectivity index (χ4n) is 2.57. The van der Waals surface area contributed by atoms with Gasteiger partial charge in [0.1, 0.15) is 11.6 Å². The number of benzene rings is 2. The van der Waals surface area contributed by atoms with E-state index in [4.69, 9.17) is 16.3 Å². The average molecular weight is 334 g/mol. The van der Waals surface area contributed by atoms with Crippen molar-refractivity contribution >= 4 is 17.5 Å². The van der Waals surface area contributed by atoms with Crippen LogP contribution in [0.4, 0.5) is 4.39 Å². The number of rotatable bonds is 5. The van der Waals surface area contributed by atoms with E-state index in [2.05, 4.69) is 0 Å². The lowest BCUT2D eigenvalue weighted by Gasteiger charge is -2.24. The van der Waals surface area contributed by atoms with Gasteiger partial charge in [-0.3, -0.25) is 4.79 Å². The summed E-state index contributed by atoms with van der Waals surface area (Å²) in [5.41, 5.74) is 0.914. The molecule has 0 heterocycles. The van der Waals surface area contributed by atoms with Crippen molar-refractivity contribution in [1.82, 2.24) is 4.90 Å². The molecule has 0 unspecified atom stereocenters. The summed E-state index contributed by atoms with van der Waals surface area (Å²) in [4.78, 5) is 14.6. The Kier molecular flexibility index (Phi) is 4.53. The first-order chi connectivity index (χ1) is 11.1. The Labute approximate surface area is 139 Å². The molecule has 0 bridgehead atoms. The predicted molar refractivity (Wildman–Crippen MR) is 87.3 cm³/mol. The molecule has 0 atom stereocenters. The van der Waals surface area contributed by atoms with Gasteiger partial charge in [0.15, 0.2) is 0 Å². The molecule has 0 aromatic heterocycles. The lowest BCUT2D eigenvalue weighted by atomic mass is 10.1. The van der Waals surface area contributed by atoms with Gasteiger partial charge in [-0.2, -0.15) is 0 Å². The summed E-state index contributed by atoms with van der Waals surface area (Å²) >= 11 is 6.02. The van der Waals surface area contributed by atoms with Gasteiger partial charge in [-0.25, -0.2) is 4.39 Å². The molecule has 2 aromatic rings. The zero-order valence-corrected chi connectivity index (χ0v) is 13.5. The van der Waals surface area contributed by atoms with Crippen molar-refractivity contribution in [1.29, 1.82) is 0 Å². The number of ether oxygens (including phenoxy) is 1. The average Bonchev–Trinajstić information content (AvgIpc) is 3.38. The highest BCUT2D eigenvalue weighted by Crippen LogP contribution is 2.33. The van der Waals surface area contributed by atoms with Crippen molar-refractivity contribution in [2.24, 2.45) is 0 Å². The number of methoxy groups -OCH3 is 1. The zero-order valence-electron chi connectivity index (χ0n) is 12.8. The van der Waals surface area contributed by atoms with E-state index in [1.807, 2.05) is 0 Å². The molecule has 2 aromatic carbocycles. The van der Waals surface area contributed by atoms with Crippen LogP contribution in [-0.2, 0) is 6.54 Å². The Hall–Kier alpha value is -2.07. The molecule has 23 heavy (non-hydrogen) atoms. The summed E-state index contributed by atoms with van der Waals surface area (Å²) in [6, 6.07) is 11.6. The quantitative estimate of drug-likeness (QED) is 0.816. The Bertz CT molecular complexity index is 731. The molecule has 3 rings (SSSR count). The Morgan fingerprint density at radius 1 is 1.30 bits per heavy atom. The number of hydrogen-bond acceptors (Lipinski definition) is 2. The normalized spacial score (nSPS) is 13.7. The van der Waals surface area contributed by atoms with Gasteiger partial charge in [-0.1, -0.05) is 29.8 Å². The largest absolute Gasteiger partial charge is 0.496 e. The van der Waals surface area contributed by atoms with Crippen molar-refractivity contribution in [2.45, 2.75) is 25.4 Å². The molecule has 1 aliphatic carbocycles. The number of hydrogen-bond donors (Lipinski definition) is 0. The van der Waals surface area contributed by atoms with Gasteiger partial charge in [-0.15, -0.1) is 0 Å². The van der Waals surface area contributed by atoms with Crippen molar-refractivity contribution in [3.8, 4) is 5.75 Å². The maximum Gasteiger partial charge on any atom is 0.258 e. The zero-order chi connectivity index (χ0) is 16.4. The standard InChI is InChI=1S/C18H17ClFNO2/c1-23-17-9-6-13(19)10-15(17)18(22)21(14-7-8-14)11-12-4-2-3-5-16(12)20/h2-6,9-10,14H,7-8,11H2,1H3. The number of halogens is 2. The van der Waals surface area contributed by atoms with E-state index in [1.54, 1.807) is 41.3 Å². The second-order valence-electron chi connectivity index (χ2n) is 5.60. The van der Waals surface area contributed by atoms with Gasteiger partial charge < -0.3 is 9.64 Å². The molecule has 0 spiro atoms. The molecule has 0 N–H and O–H groups in total. The minimum Gasteiger partial charge on any atom is -0.496 e. The van der Waals surface area contributed by atoms with Crippen LogP contribution in [0.1, 0.15) is 28.8 Å². The molecule has 3 nitrogen and oxygen atoms in total. The van der Waals surface area contributed by atoms with E-state index in [0.717, 1.165) is 12.8 Å². The second-order valence-corrected chi connectivity index (χ2v) is 6.04. The third-order valence-electron chi connectivity index (χ3n) is 3.94. The van der Waals surface area contributed by atoms with Crippen LogP contribution in [0.25, 0.3) is 0 Å². The van der Waals surface area contributed by atoms with Gasteiger partial charge in [0.25, 0.3) is 5.91 Å². The first-order valence-corrected chi connectivity index (χ1v) is 7.86. The van der Waals surface area contributed by atoms with E-state index in [1.165, 1.54) is 13.2 Å². The summed E-state index contributed by atoms with van der Waals surface area (Å²) in [6.07, 6.45) is 1.87. The number of carbonyl (C=O) groups is 1. The lowest BCUT2D eigenvalue weighted by molar-refractivity contribution is 0.0725. The minimum atomic E-state index is -0.302. The molecular formula is C18H17ClFNO2. The topological polar surface area (TPSA) is 29.5 Å². The monoisotopic (exact) mass is 333 g/mol. The molecule has 1 fully saturated rings. The van der Waals surface area contributed by atoms with Crippen molar-refractivity contribution in [2.75, 3.05) is 7.11 Å². The summed E-state index contributed by atoms with van der Waals surface area (Å²) < 4.78 is 19.2. The van der Waals surface area contributed by atoms with Crippen LogP contribution in [0, 0.1) is 5.82 Å². The maximum absolute atomic E-state index is 13.9.